The van der Waals surface area contributed by atoms with Crippen LogP contribution in [0, 0.1) is 0 Å². The van der Waals surface area contributed by atoms with E-state index in [9.17, 15) is 0 Å². The van der Waals surface area contributed by atoms with Crippen molar-refractivity contribution in [1.82, 2.24) is 0 Å². The van der Waals surface area contributed by atoms with Gasteiger partial charge in [0, 0.05) is 6.61 Å². The van der Waals surface area contributed by atoms with Crippen molar-refractivity contribution < 1.29 is 5.11 Å². The first kappa shape index (κ1) is 16.7. The van der Waals surface area contributed by atoms with Gasteiger partial charge in [-0.05, 0) is 6.42 Å². The van der Waals surface area contributed by atoms with Crippen LogP contribution in [0.2, 0.25) is 0 Å². The molecule has 0 bridgehead atoms. The Bertz CT molecular complexity index is 76.4. The van der Waals surface area contributed by atoms with Gasteiger partial charge in [-0.3, -0.25) is 0 Å². The van der Waals surface area contributed by atoms with Crippen molar-refractivity contribution in [3.63, 3.8) is 0 Å². The van der Waals surface area contributed by atoms with Crippen molar-refractivity contribution in [2.24, 2.45) is 0 Å². The van der Waals surface area contributed by atoms with Gasteiger partial charge in [0.1, 0.15) is 0 Å². The molecule has 0 aliphatic rings. The second-order valence-corrected chi connectivity index (χ2v) is 3.91. The molecule has 1 N–H and O–H groups in total. The average molecular weight is 220 g/mol. The van der Waals surface area contributed by atoms with Crippen molar-refractivity contribution in [2.45, 2.75) is 71.1 Å². The first-order valence-corrected chi connectivity index (χ1v) is 6.02. The zero-order valence-corrected chi connectivity index (χ0v) is 10.7. The van der Waals surface area contributed by atoms with Gasteiger partial charge < -0.3 is 5.11 Å². The van der Waals surface area contributed by atoms with E-state index in [1.165, 1.54) is 57.8 Å². The number of unbranched alkanes of at least 4 members (excludes halogenated alkanes) is 9. The molecule has 0 atom stereocenters. The fourth-order valence-corrected chi connectivity index (χ4v) is 1.60. The molecule has 88 valence electrons. The molecule has 0 aromatic heterocycles. The van der Waals surface area contributed by atoms with Crippen molar-refractivity contribution >= 4 is 13.5 Å². The first-order valence-electron chi connectivity index (χ1n) is 6.02. The van der Waals surface area contributed by atoms with E-state index in [2.05, 4.69) is 6.92 Å². The summed E-state index contributed by atoms with van der Waals surface area (Å²) in [5.41, 5.74) is 0. The highest BCUT2D eigenvalue weighted by atomic mass is 32.1. The molecule has 0 aliphatic heterocycles. The normalized spacial score (nSPS) is 9.86. The summed E-state index contributed by atoms with van der Waals surface area (Å²) in [4.78, 5) is 0. The first-order chi connectivity index (χ1) is 6.41. The molecule has 0 aromatic carbocycles. The zero-order valence-electron chi connectivity index (χ0n) is 9.73. The fraction of sp³-hybridized carbons (Fsp3) is 1.00. The van der Waals surface area contributed by atoms with Crippen LogP contribution in [0.5, 0.6) is 0 Å². The minimum Gasteiger partial charge on any atom is -0.396 e. The van der Waals surface area contributed by atoms with E-state index < -0.39 is 0 Å². The maximum Gasteiger partial charge on any atom is 0.0431 e. The van der Waals surface area contributed by atoms with Crippen LogP contribution in [-0.4, -0.2) is 11.7 Å². The van der Waals surface area contributed by atoms with E-state index in [1.54, 1.807) is 0 Å². The third kappa shape index (κ3) is 14.8. The minimum atomic E-state index is 0. The molecule has 14 heavy (non-hydrogen) atoms. The lowest BCUT2D eigenvalue weighted by molar-refractivity contribution is 0.282. The van der Waals surface area contributed by atoms with Crippen LogP contribution in [0.4, 0.5) is 0 Å². The maximum absolute atomic E-state index is 8.57. The lowest BCUT2D eigenvalue weighted by Crippen LogP contribution is -1.84. The molecule has 0 saturated carbocycles. The third-order valence-electron chi connectivity index (χ3n) is 2.51. The van der Waals surface area contributed by atoms with Crippen LogP contribution in [0.1, 0.15) is 71.1 Å². The smallest absolute Gasteiger partial charge is 0.0431 e. The Morgan fingerprint density at radius 1 is 0.643 bits per heavy atom. The zero-order chi connectivity index (χ0) is 9.78. The second-order valence-electron chi connectivity index (χ2n) is 3.91. The number of aliphatic hydroxyl groups excluding tert-OH is 1. The molecule has 0 saturated heterocycles. The van der Waals surface area contributed by atoms with Crippen molar-refractivity contribution in [1.29, 1.82) is 0 Å². The summed E-state index contributed by atoms with van der Waals surface area (Å²) < 4.78 is 0. The fourth-order valence-electron chi connectivity index (χ4n) is 1.60. The molecule has 0 unspecified atom stereocenters. The highest BCUT2D eigenvalue weighted by molar-refractivity contribution is 7.59. The van der Waals surface area contributed by atoms with E-state index in [0.717, 1.165) is 6.42 Å². The molecule has 1 nitrogen and oxygen atoms in total. The van der Waals surface area contributed by atoms with Gasteiger partial charge in [-0.25, -0.2) is 0 Å². The Labute approximate surface area is 96.7 Å². The largest absolute Gasteiger partial charge is 0.396 e. The van der Waals surface area contributed by atoms with Gasteiger partial charge in [0.2, 0.25) is 0 Å². The van der Waals surface area contributed by atoms with Gasteiger partial charge in [0.15, 0.2) is 0 Å². The number of hydrogen-bond acceptors (Lipinski definition) is 1. The molecule has 0 heterocycles. The Morgan fingerprint density at radius 3 is 1.36 bits per heavy atom. The Hall–Kier alpha value is 0.310. The molecule has 0 amide bonds. The molecule has 0 aromatic rings. The summed E-state index contributed by atoms with van der Waals surface area (Å²) in [5.74, 6) is 0. The molecule has 0 rings (SSSR count). The molecular formula is C12H28OS. The SMILES string of the molecule is CCCCCCCCCCCCO.S. The van der Waals surface area contributed by atoms with Crippen LogP contribution < -0.4 is 0 Å². The summed E-state index contributed by atoms with van der Waals surface area (Å²) >= 11 is 0. The summed E-state index contributed by atoms with van der Waals surface area (Å²) in [6.45, 7) is 2.63. The third-order valence-corrected chi connectivity index (χ3v) is 2.51. The van der Waals surface area contributed by atoms with E-state index in [0.29, 0.717) is 6.61 Å². The lowest BCUT2D eigenvalue weighted by atomic mass is 10.1. The molecular weight excluding hydrogens is 192 g/mol. The van der Waals surface area contributed by atoms with Crippen LogP contribution in [0.15, 0.2) is 0 Å². The van der Waals surface area contributed by atoms with Crippen LogP contribution in [0.25, 0.3) is 0 Å². The summed E-state index contributed by atoms with van der Waals surface area (Å²) in [6.07, 6.45) is 13.3. The summed E-state index contributed by atoms with van der Waals surface area (Å²) in [5, 5.41) is 8.57. The maximum atomic E-state index is 8.57. The summed E-state index contributed by atoms with van der Waals surface area (Å²) in [7, 11) is 0. The Morgan fingerprint density at radius 2 is 1.00 bits per heavy atom. The molecule has 0 spiro atoms. The van der Waals surface area contributed by atoms with Crippen LogP contribution in [-0.2, 0) is 0 Å². The van der Waals surface area contributed by atoms with E-state index in [4.69, 9.17) is 5.11 Å². The van der Waals surface area contributed by atoms with E-state index >= 15 is 0 Å². The second kappa shape index (κ2) is 15.8. The number of aliphatic hydroxyl groups is 1. The van der Waals surface area contributed by atoms with Crippen LogP contribution >= 0.6 is 13.5 Å². The van der Waals surface area contributed by atoms with Gasteiger partial charge in [-0.1, -0.05) is 64.7 Å². The number of rotatable bonds is 10. The van der Waals surface area contributed by atoms with E-state index in [1.807, 2.05) is 0 Å². The molecule has 0 fully saturated rings. The lowest BCUT2D eigenvalue weighted by Gasteiger charge is -2.00. The van der Waals surface area contributed by atoms with Crippen LogP contribution in [0.3, 0.4) is 0 Å². The quantitative estimate of drug-likeness (QED) is 0.551. The van der Waals surface area contributed by atoms with Crippen molar-refractivity contribution in [3.05, 3.63) is 0 Å². The van der Waals surface area contributed by atoms with Gasteiger partial charge >= 0.3 is 0 Å². The predicted octanol–water partition coefficient (Wildman–Crippen LogP) is 4.01. The topological polar surface area (TPSA) is 20.2 Å². The monoisotopic (exact) mass is 220 g/mol. The molecule has 2 heteroatoms. The van der Waals surface area contributed by atoms with Gasteiger partial charge in [-0.2, -0.15) is 13.5 Å². The highest BCUT2D eigenvalue weighted by Crippen LogP contribution is 2.09. The van der Waals surface area contributed by atoms with Crippen molar-refractivity contribution in [2.75, 3.05) is 6.61 Å². The summed E-state index contributed by atoms with van der Waals surface area (Å²) in [6, 6.07) is 0. The van der Waals surface area contributed by atoms with E-state index in [-0.39, 0.29) is 13.5 Å². The Kier molecular flexibility index (Phi) is 18.8. The number of hydrogen-bond donors (Lipinski definition) is 1. The van der Waals surface area contributed by atoms with Gasteiger partial charge in [0.05, 0.1) is 0 Å². The minimum absolute atomic E-state index is 0. The van der Waals surface area contributed by atoms with Gasteiger partial charge in [0.25, 0.3) is 0 Å². The predicted molar refractivity (Wildman–Crippen MR) is 69.3 cm³/mol. The van der Waals surface area contributed by atoms with Gasteiger partial charge in [-0.15, -0.1) is 0 Å². The average Bonchev–Trinajstić information content (AvgIpc) is 2.16. The Balaban J connectivity index is 0. The van der Waals surface area contributed by atoms with Crippen molar-refractivity contribution in [3.8, 4) is 0 Å². The molecule has 0 radical (unpaired) electrons. The molecule has 0 aliphatic carbocycles. The standard InChI is InChI=1S/C12H26O.H2S/c1-2-3-4-5-6-7-8-9-10-11-12-13;/h13H,2-12H2,1H3;1H2. The highest BCUT2D eigenvalue weighted by Gasteiger charge is 1.91.